The molecule has 2 aliphatic rings. The minimum Gasteiger partial charge on any atom is -0.210 e. The average molecular weight is 259 g/mol. The maximum Gasteiger partial charge on any atom is 0.243 e. The van der Waals surface area contributed by atoms with Crippen LogP contribution in [0.25, 0.3) is 11.1 Å². The predicted octanol–water partition coefficient (Wildman–Crippen LogP) is 3.66. The molecule has 18 heavy (non-hydrogen) atoms. The third-order valence-corrected chi connectivity index (χ3v) is 3.51. The zero-order chi connectivity index (χ0) is 13.0. The molecule has 0 amide bonds. The molecule has 0 N–H and O–H groups in total. The molecule has 0 radical (unpaired) electrons. The van der Waals surface area contributed by atoms with E-state index in [1.165, 1.54) is 23.3 Å². The Morgan fingerprint density at radius 2 is 1.67 bits per heavy atom. The summed E-state index contributed by atoms with van der Waals surface area (Å²) in [6.07, 6.45) is 4.72. The fourth-order valence-electron chi connectivity index (χ4n) is 1.38. The Hall–Kier alpha value is -2.12. The molecule has 90 valence electrons. The number of fused-ring (bicyclic) bond motifs is 1. The average Bonchev–Trinajstić information content (AvgIpc) is 2.98. The second-order valence-electron chi connectivity index (χ2n) is 3.57. The van der Waals surface area contributed by atoms with Crippen molar-refractivity contribution in [3.8, 4) is 23.6 Å². The summed E-state index contributed by atoms with van der Waals surface area (Å²) in [5, 5.41) is 0. The van der Waals surface area contributed by atoms with E-state index in [-0.39, 0.29) is 4.90 Å². The van der Waals surface area contributed by atoms with Gasteiger partial charge in [-0.2, -0.15) is 0 Å². The van der Waals surface area contributed by atoms with Crippen LogP contribution in [0.5, 0.6) is 0 Å². The van der Waals surface area contributed by atoms with Crippen molar-refractivity contribution in [2.45, 2.75) is 4.90 Å². The molecule has 1 aromatic carbocycles. The third-order valence-electron chi connectivity index (χ3n) is 2.32. The lowest BCUT2D eigenvalue weighted by Gasteiger charge is -1.95. The van der Waals surface area contributed by atoms with Crippen molar-refractivity contribution < 1.29 is 8.09 Å². The van der Waals surface area contributed by atoms with Gasteiger partial charge in [-0.1, -0.05) is 42.8 Å². The Morgan fingerprint density at radius 3 is 2.06 bits per heavy atom. The molecule has 0 fully saturated rings. The van der Waals surface area contributed by atoms with E-state index >= 15 is 0 Å². The largest absolute Gasteiger partial charge is 0.243 e. The van der Waals surface area contributed by atoms with E-state index in [2.05, 4.69) is 28.6 Å². The normalized spacial score (nSPS) is 13.3. The summed E-state index contributed by atoms with van der Waals surface area (Å²) in [7, 11) is -3.87. The van der Waals surface area contributed by atoms with Crippen LogP contribution in [0.15, 0.2) is 63.9 Å². The highest BCUT2D eigenvalue weighted by Gasteiger charge is 2.08. The Labute approximate surface area is 106 Å². The number of halogens is 1. The van der Waals surface area contributed by atoms with Crippen LogP contribution in [0, 0.1) is 12.5 Å². The molecular formula is C14H10FNOS. The number of rotatable bonds is 1. The lowest BCUT2D eigenvalue weighted by atomic mass is 10.4. The van der Waals surface area contributed by atoms with Crippen molar-refractivity contribution >= 4 is 10.1 Å². The van der Waals surface area contributed by atoms with Crippen molar-refractivity contribution in [2.75, 3.05) is 0 Å². The van der Waals surface area contributed by atoms with E-state index in [0.717, 1.165) is 0 Å². The number of benzene rings is 2. The maximum atomic E-state index is 13.0. The zero-order valence-electron chi connectivity index (χ0n) is 9.42. The molecule has 1 atom stereocenters. The van der Waals surface area contributed by atoms with E-state index < -0.39 is 10.1 Å². The molecule has 3 rings (SSSR count). The van der Waals surface area contributed by atoms with E-state index in [4.69, 9.17) is 6.42 Å². The highest BCUT2D eigenvalue weighted by Crippen LogP contribution is 2.32. The second kappa shape index (κ2) is 5.03. The molecule has 4 heteroatoms. The topological polar surface area (TPSA) is 29.4 Å². The number of nitrogens with zero attached hydrogens (tertiary/aromatic N) is 1. The van der Waals surface area contributed by atoms with E-state index in [9.17, 15) is 8.09 Å². The van der Waals surface area contributed by atoms with Gasteiger partial charge in [0.05, 0.1) is 4.90 Å². The Balaban J connectivity index is 0.000000164. The lowest BCUT2D eigenvalue weighted by molar-refractivity contribution is 0.639. The van der Waals surface area contributed by atoms with Crippen molar-refractivity contribution in [3.05, 3.63) is 54.6 Å². The monoisotopic (exact) mass is 259 g/mol. The second-order valence-corrected chi connectivity index (χ2v) is 5.14. The fourth-order valence-corrected chi connectivity index (χ4v) is 2.12. The fraction of sp³-hybridized carbons (Fsp3) is 0. The summed E-state index contributed by atoms with van der Waals surface area (Å²) < 4.78 is 27.0. The third kappa shape index (κ3) is 2.96. The van der Waals surface area contributed by atoms with Crippen molar-refractivity contribution in [1.82, 2.24) is 0 Å². The molecule has 2 aliphatic carbocycles. The molecule has 0 aromatic heterocycles. The first kappa shape index (κ1) is 12.3. The van der Waals surface area contributed by atoms with Gasteiger partial charge in [0.2, 0.25) is 10.1 Å². The van der Waals surface area contributed by atoms with Gasteiger partial charge < -0.3 is 0 Å². The summed E-state index contributed by atoms with van der Waals surface area (Å²) in [6.45, 7) is 0. The van der Waals surface area contributed by atoms with Gasteiger partial charge in [-0.15, -0.1) is 8.25 Å². The quantitative estimate of drug-likeness (QED) is 0.484. The first-order valence-electron chi connectivity index (χ1n) is 5.20. The summed E-state index contributed by atoms with van der Waals surface area (Å²) in [6, 6.07) is 17.7. The van der Waals surface area contributed by atoms with Crippen LogP contribution in [0.4, 0.5) is 3.89 Å². The summed E-state index contributed by atoms with van der Waals surface area (Å²) in [5.74, 6) is 0. The molecular weight excluding hydrogens is 249 g/mol. The summed E-state index contributed by atoms with van der Waals surface area (Å²) in [5.41, 5.74) is 2.85. The van der Waals surface area contributed by atoms with Crippen LogP contribution in [-0.2, 0) is 10.1 Å². The van der Waals surface area contributed by atoms with Crippen LogP contribution >= 0.6 is 0 Å². The van der Waals surface area contributed by atoms with Gasteiger partial charge in [-0.25, -0.2) is 4.21 Å². The van der Waals surface area contributed by atoms with Gasteiger partial charge in [0, 0.05) is 6.04 Å². The molecule has 0 bridgehead atoms. The predicted molar refractivity (Wildman–Crippen MR) is 70.7 cm³/mol. The van der Waals surface area contributed by atoms with Crippen molar-refractivity contribution in [3.63, 3.8) is 0 Å². The lowest BCUT2D eigenvalue weighted by Crippen LogP contribution is -1.89. The van der Waals surface area contributed by atoms with E-state index in [1.807, 2.05) is 0 Å². The Morgan fingerprint density at radius 1 is 1.06 bits per heavy atom. The molecule has 0 spiro atoms. The number of hydrogen-bond donors (Lipinski definition) is 0. The molecule has 1 unspecified atom stereocenters. The minimum absolute atomic E-state index is 0.00273. The van der Waals surface area contributed by atoms with Gasteiger partial charge in [0.1, 0.15) is 0 Å². The van der Waals surface area contributed by atoms with Crippen LogP contribution < -0.4 is 0 Å². The minimum atomic E-state index is -3.87. The van der Waals surface area contributed by atoms with Gasteiger partial charge in [-0.05, 0) is 29.3 Å². The molecule has 0 aliphatic heterocycles. The molecule has 1 aromatic rings. The number of terminal acetylenes is 1. The van der Waals surface area contributed by atoms with E-state index in [1.54, 1.807) is 24.2 Å². The zero-order valence-corrected chi connectivity index (χ0v) is 10.2. The Kier molecular flexibility index (Phi) is 3.45. The smallest absolute Gasteiger partial charge is 0.210 e. The standard InChI is InChI=1S/C8H6FNOS.C6H4/c1-2-10-12(9,11)8-6-4-3-5-7-8;1-2-5-4-6(5)3-1/h1,3-7H;1-4H. The molecule has 0 heterocycles. The maximum absolute atomic E-state index is 13.0. The number of hydrogen-bond acceptors (Lipinski definition) is 2. The van der Waals surface area contributed by atoms with Gasteiger partial charge in [0.25, 0.3) is 0 Å². The van der Waals surface area contributed by atoms with E-state index in [0.29, 0.717) is 0 Å². The Bertz CT molecular complexity index is 693. The van der Waals surface area contributed by atoms with Gasteiger partial charge >= 0.3 is 0 Å². The van der Waals surface area contributed by atoms with Gasteiger partial charge in [0.15, 0.2) is 0 Å². The van der Waals surface area contributed by atoms with Crippen LogP contribution in [-0.4, -0.2) is 4.21 Å². The van der Waals surface area contributed by atoms with Crippen LogP contribution in [0.1, 0.15) is 0 Å². The molecule has 0 saturated heterocycles. The summed E-state index contributed by atoms with van der Waals surface area (Å²) in [4.78, 5) is 0.00273. The van der Waals surface area contributed by atoms with Crippen molar-refractivity contribution in [1.29, 1.82) is 0 Å². The highest BCUT2D eigenvalue weighted by molar-refractivity contribution is 7.88. The molecule has 0 saturated carbocycles. The SMILES string of the molecule is C#CN=S(=O)(F)c1ccccc1.c1cc2cc-2c1. The van der Waals surface area contributed by atoms with Crippen LogP contribution in [0.2, 0.25) is 0 Å². The van der Waals surface area contributed by atoms with Crippen LogP contribution in [0.3, 0.4) is 0 Å². The summed E-state index contributed by atoms with van der Waals surface area (Å²) >= 11 is 0. The molecule has 2 nitrogen and oxygen atoms in total. The first-order chi connectivity index (χ1) is 8.63. The first-order valence-corrected chi connectivity index (χ1v) is 6.62. The highest BCUT2D eigenvalue weighted by atomic mass is 32.3. The van der Waals surface area contributed by atoms with Gasteiger partial charge in [-0.3, -0.25) is 0 Å². The van der Waals surface area contributed by atoms with Crippen molar-refractivity contribution in [2.24, 2.45) is 4.36 Å².